The quantitative estimate of drug-likeness (QED) is 0.369. The molecule has 0 spiro atoms. The van der Waals surface area contributed by atoms with Crippen LogP contribution in [0, 0.1) is 6.92 Å². The third kappa shape index (κ3) is 6.03. The highest BCUT2D eigenvalue weighted by atomic mass is 32.1. The van der Waals surface area contributed by atoms with Gasteiger partial charge in [0.25, 0.3) is 5.91 Å². The number of nitrogens with one attached hydrogen (secondary N) is 1. The van der Waals surface area contributed by atoms with Crippen LogP contribution in [0.15, 0.2) is 72.4 Å². The van der Waals surface area contributed by atoms with Crippen LogP contribution in [-0.4, -0.2) is 27.6 Å². The highest BCUT2D eigenvalue weighted by Gasteiger charge is 2.17. The third-order valence-corrected chi connectivity index (χ3v) is 6.52. The van der Waals surface area contributed by atoms with E-state index >= 15 is 0 Å². The van der Waals surface area contributed by atoms with Crippen molar-refractivity contribution in [2.75, 3.05) is 6.79 Å². The van der Waals surface area contributed by atoms with Gasteiger partial charge in [0.05, 0.1) is 6.54 Å². The van der Waals surface area contributed by atoms with E-state index in [0.717, 1.165) is 34.2 Å². The SMILES string of the molecule is Cc1ccc(CN(Cc2ccc3c(c2)OCO3)Cc2nc(C(=O)NCc3cccnc3)cs2)cc1. The van der Waals surface area contributed by atoms with Gasteiger partial charge in [-0.05, 0) is 41.8 Å². The van der Waals surface area contributed by atoms with Gasteiger partial charge in [-0.25, -0.2) is 4.98 Å². The lowest BCUT2D eigenvalue weighted by Gasteiger charge is -2.22. The Labute approximate surface area is 208 Å². The van der Waals surface area contributed by atoms with E-state index in [9.17, 15) is 4.79 Å². The molecule has 1 amide bonds. The van der Waals surface area contributed by atoms with Crippen molar-refractivity contribution in [3.63, 3.8) is 0 Å². The Bertz CT molecular complexity index is 1290. The summed E-state index contributed by atoms with van der Waals surface area (Å²) < 4.78 is 11.0. The number of amides is 1. The molecule has 0 fully saturated rings. The zero-order valence-electron chi connectivity index (χ0n) is 19.4. The van der Waals surface area contributed by atoms with Gasteiger partial charge in [-0.1, -0.05) is 42.0 Å². The molecular weight excluding hydrogens is 460 g/mol. The number of hydrogen-bond donors (Lipinski definition) is 1. The van der Waals surface area contributed by atoms with E-state index < -0.39 is 0 Å². The predicted molar refractivity (Wildman–Crippen MR) is 134 cm³/mol. The molecule has 3 heterocycles. The van der Waals surface area contributed by atoms with E-state index in [-0.39, 0.29) is 12.7 Å². The van der Waals surface area contributed by atoms with E-state index in [0.29, 0.717) is 25.3 Å². The first-order chi connectivity index (χ1) is 17.1. The van der Waals surface area contributed by atoms with Crippen molar-refractivity contribution < 1.29 is 14.3 Å². The second-order valence-electron chi connectivity index (χ2n) is 8.49. The maximum absolute atomic E-state index is 12.6. The van der Waals surface area contributed by atoms with E-state index in [1.165, 1.54) is 22.5 Å². The molecule has 1 aliphatic rings. The van der Waals surface area contributed by atoms with Crippen molar-refractivity contribution in [3.05, 3.63) is 105 Å². The van der Waals surface area contributed by atoms with E-state index in [1.807, 2.05) is 29.6 Å². The molecule has 2 aromatic heterocycles. The number of aromatic nitrogens is 2. The van der Waals surface area contributed by atoms with Crippen LogP contribution in [-0.2, 0) is 26.2 Å². The minimum Gasteiger partial charge on any atom is -0.454 e. The number of rotatable bonds is 9. The van der Waals surface area contributed by atoms with Crippen LogP contribution >= 0.6 is 11.3 Å². The van der Waals surface area contributed by atoms with Gasteiger partial charge in [0.1, 0.15) is 10.7 Å². The molecule has 0 radical (unpaired) electrons. The Hall–Kier alpha value is -3.75. The number of benzene rings is 2. The predicted octanol–water partition coefficient (Wildman–Crippen LogP) is 4.71. The molecule has 2 aromatic carbocycles. The lowest BCUT2D eigenvalue weighted by atomic mass is 10.1. The van der Waals surface area contributed by atoms with Crippen LogP contribution in [0.25, 0.3) is 0 Å². The molecule has 35 heavy (non-hydrogen) atoms. The standard InChI is InChI=1S/C27H26N4O3S/c1-19-4-6-20(7-5-19)14-31(15-21-8-9-24-25(11-21)34-18-33-24)16-26-30-23(17-35-26)27(32)29-13-22-3-2-10-28-12-22/h2-12,17H,13-16,18H2,1H3,(H,29,32). The number of pyridine rings is 1. The van der Waals surface area contributed by atoms with Crippen LogP contribution in [0.1, 0.15) is 37.7 Å². The Morgan fingerprint density at radius 1 is 1.00 bits per heavy atom. The van der Waals surface area contributed by atoms with Crippen LogP contribution in [0.3, 0.4) is 0 Å². The molecule has 0 saturated heterocycles. The molecule has 8 heteroatoms. The van der Waals surface area contributed by atoms with Crippen LogP contribution in [0.5, 0.6) is 11.5 Å². The summed E-state index contributed by atoms with van der Waals surface area (Å²) >= 11 is 1.50. The normalized spacial score (nSPS) is 12.2. The summed E-state index contributed by atoms with van der Waals surface area (Å²) in [6.07, 6.45) is 3.45. The third-order valence-electron chi connectivity index (χ3n) is 5.69. The lowest BCUT2D eigenvalue weighted by Crippen LogP contribution is -2.24. The van der Waals surface area contributed by atoms with Gasteiger partial charge < -0.3 is 14.8 Å². The molecule has 178 valence electrons. The van der Waals surface area contributed by atoms with Gasteiger partial charge in [0.2, 0.25) is 6.79 Å². The van der Waals surface area contributed by atoms with E-state index in [1.54, 1.807) is 12.4 Å². The largest absolute Gasteiger partial charge is 0.454 e. The second kappa shape index (κ2) is 10.7. The van der Waals surface area contributed by atoms with Gasteiger partial charge in [0.15, 0.2) is 11.5 Å². The molecule has 0 unspecified atom stereocenters. The molecule has 0 bridgehead atoms. The number of ether oxygens (including phenoxy) is 2. The van der Waals surface area contributed by atoms with E-state index in [2.05, 4.69) is 57.4 Å². The monoisotopic (exact) mass is 486 g/mol. The number of carbonyl (C=O) groups is 1. The fourth-order valence-electron chi connectivity index (χ4n) is 3.87. The van der Waals surface area contributed by atoms with Crippen molar-refractivity contribution in [3.8, 4) is 11.5 Å². The highest BCUT2D eigenvalue weighted by Crippen LogP contribution is 2.33. The van der Waals surface area contributed by atoms with Crippen molar-refractivity contribution in [1.82, 2.24) is 20.2 Å². The second-order valence-corrected chi connectivity index (χ2v) is 9.43. The van der Waals surface area contributed by atoms with E-state index in [4.69, 9.17) is 9.47 Å². The maximum Gasteiger partial charge on any atom is 0.271 e. The smallest absolute Gasteiger partial charge is 0.271 e. The number of aryl methyl sites for hydroxylation is 1. The number of carbonyl (C=O) groups excluding carboxylic acids is 1. The van der Waals surface area contributed by atoms with Gasteiger partial charge in [-0.2, -0.15) is 0 Å². The zero-order valence-corrected chi connectivity index (χ0v) is 20.3. The summed E-state index contributed by atoms with van der Waals surface area (Å²) in [5, 5.41) is 5.63. The summed E-state index contributed by atoms with van der Waals surface area (Å²) in [5.74, 6) is 1.37. The minimum absolute atomic E-state index is 0.183. The van der Waals surface area contributed by atoms with Crippen LogP contribution < -0.4 is 14.8 Å². The molecular formula is C27H26N4O3S. The van der Waals surface area contributed by atoms with Crippen molar-refractivity contribution in [1.29, 1.82) is 0 Å². The average Bonchev–Trinajstić information content (AvgIpc) is 3.54. The lowest BCUT2D eigenvalue weighted by molar-refractivity contribution is 0.0946. The Balaban J connectivity index is 1.28. The molecule has 5 rings (SSSR count). The minimum atomic E-state index is -0.183. The fourth-order valence-corrected chi connectivity index (χ4v) is 4.69. The molecule has 4 aromatic rings. The van der Waals surface area contributed by atoms with Crippen molar-refractivity contribution in [2.45, 2.75) is 33.1 Å². The number of fused-ring (bicyclic) bond motifs is 1. The molecule has 0 saturated carbocycles. The van der Waals surface area contributed by atoms with Gasteiger partial charge in [-0.3, -0.25) is 14.7 Å². The Kier molecular flexibility index (Phi) is 7.02. The van der Waals surface area contributed by atoms with Gasteiger partial charge >= 0.3 is 0 Å². The zero-order chi connectivity index (χ0) is 24.0. The van der Waals surface area contributed by atoms with Crippen molar-refractivity contribution in [2.24, 2.45) is 0 Å². The number of nitrogens with zero attached hydrogens (tertiary/aromatic N) is 3. The summed E-state index contributed by atoms with van der Waals surface area (Å²) in [7, 11) is 0. The first-order valence-electron chi connectivity index (χ1n) is 11.4. The van der Waals surface area contributed by atoms with Crippen molar-refractivity contribution >= 4 is 17.2 Å². The number of thiazole rings is 1. The summed E-state index contributed by atoms with van der Waals surface area (Å²) in [4.78, 5) is 23.6. The van der Waals surface area contributed by atoms with Crippen LogP contribution in [0.2, 0.25) is 0 Å². The molecule has 0 atom stereocenters. The molecule has 0 aliphatic carbocycles. The fraction of sp³-hybridized carbons (Fsp3) is 0.222. The maximum atomic E-state index is 12.6. The summed E-state index contributed by atoms with van der Waals surface area (Å²) in [6.45, 7) is 4.87. The molecule has 1 N–H and O–H groups in total. The summed E-state index contributed by atoms with van der Waals surface area (Å²) in [6, 6.07) is 18.4. The molecule has 1 aliphatic heterocycles. The first kappa shape index (κ1) is 23.0. The Morgan fingerprint density at radius 3 is 2.63 bits per heavy atom. The average molecular weight is 487 g/mol. The molecule has 7 nitrogen and oxygen atoms in total. The first-order valence-corrected chi connectivity index (χ1v) is 12.3. The van der Waals surface area contributed by atoms with Gasteiger partial charge in [-0.15, -0.1) is 11.3 Å². The summed E-state index contributed by atoms with van der Waals surface area (Å²) in [5.41, 5.74) is 4.98. The number of hydrogen-bond acceptors (Lipinski definition) is 7. The van der Waals surface area contributed by atoms with Gasteiger partial charge in [0, 0.05) is 37.4 Å². The topological polar surface area (TPSA) is 76.6 Å². The Morgan fingerprint density at radius 2 is 1.80 bits per heavy atom. The highest BCUT2D eigenvalue weighted by molar-refractivity contribution is 7.09. The van der Waals surface area contributed by atoms with Crippen LogP contribution in [0.4, 0.5) is 0 Å².